The largest absolute Gasteiger partial charge is 0.444 e. The fourth-order valence-corrected chi connectivity index (χ4v) is 4.37. The third kappa shape index (κ3) is 4.62. The Morgan fingerprint density at radius 3 is 2.46 bits per heavy atom. The van der Waals surface area contributed by atoms with Gasteiger partial charge in [-0.3, -0.25) is 9.97 Å². The van der Waals surface area contributed by atoms with Crippen LogP contribution in [0.25, 0.3) is 33.5 Å². The molecule has 4 aromatic rings. The van der Waals surface area contributed by atoms with Crippen molar-refractivity contribution >= 4 is 28.6 Å². The second-order valence-electron chi connectivity index (χ2n) is 9.57. The standard InChI is InChI=1S/C26H29N7O2/c1-26(2,3)35-25(34)33-14-12-32(13-15-33)19-8-11-30-24-21(18-6-4-5-9-28-18)22(31-23(19)24)17-7-10-29-20(27)16-17/h4-11,16,31H,12-15H2,1-3H3,(H2,27,29). The molecule has 1 aliphatic rings. The first kappa shape index (κ1) is 22.6. The minimum absolute atomic E-state index is 0.271. The van der Waals surface area contributed by atoms with Crippen LogP contribution >= 0.6 is 0 Å². The summed E-state index contributed by atoms with van der Waals surface area (Å²) in [6, 6.07) is 11.6. The highest BCUT2D eigenvalue weighted by molar-refractivity contribution is 6.05. The number of pyridine rings is 3. The van der Waals surface area contributed by atoms with E-state index in [0.29, 0.717) is 32.0 Å². The van der Waals surface area contributed by atoms with Crippen molar-refractivity contribution in [2.24, 2.45) is 0 Å². The van der Waals surface area contributed by atoms with E-state index in [2.05, 4.69) is 19.9 Å². The third-order valence-corrected chi connectivity index (χ3v) is 5.93. The molecule has 180 valence electrons. The summed E-state index contributed by atoms with van der Waals surface area (Å²) in [5, 5.41) is 0. The minimum atomic E-state index is -0.510. The van der Waals surface area contributed by atoms with E-state index in [-0.39, 0.29) is 6.09 Å². The lowest BCUT2D eigenvalue weighted by Crippen LogP contribution is -2.50. The summed E-state index contributed by atoms with van der Waals surface area (Å²) >= 11 is 0. The van der Waals surface area contributed by atoms with Gasteiger partial charge in [0.1, 0.15) is 16.9 Å². The molecule has 4 aromatic heterocycles. The zero-order valence-electron chi connectivity index (χ0n) is 20.2. The number of piperazine rings is 1. The number of aromatic amines is 1. The highest BCUT2D eigenvalue weighted by atomic mass is 16.6. The molecule has 0 radical (unpaired) electrons. The van der Waals surface area contributed by atoms with Crippen LogP contribution in [0.4, 0.5) is 16.3 Å². The van der Waals surface area contributed by atoms with Crippen LogP contribution < -0.4 is 10.6 Å². The fourth-order valence-electron chi connectivity index (χ4n) is 4.37. The Bertz CT molecular complexity index is 1350. The van der Waals surface area contributed by atoms with Crippen molar-refractivity contribution in [1.29, 1.82) is 0 Å². The SMILES string of the molecule is CC(C)(C)OC(=O)N1CCN(c2ccnc3c(-c4ccccn4)c(-c4ccnc(N)c4)[nH]c23)CC1. The zero-order valence-corrected chi connectivity index (χ0v) is 20.2. The lowest BCUT2D eigenvalue weighted by Gasteiger charge is -2.36. The molecular formula is C26H29N7O2. The molecule has 0 unspecified atom stereocenters. The summed E-state index contributed by atoms with van der Waals surface area (Å²) in [7, 11) is 0. The van der Waals surface area contributed by atoms with Gasteiger partial charge in [-0.05, 0) is 51.1 Å². The first-order valence-electron chi connectivity index (χ1n) is 11.7. The van der Waals surface area contributed by atoms with Crippen molar-refractivity contribution < 1.29 is 9.53 Å². The van der Waals surface area contributed by atoms with E-state index in [9.17, 15) is 4.79 Å². The average Bonchev–Trinajstić information content (AvgIpc) is 3.23. The van der Waals surface area contributed by atoms with E-state index in [1.54, 1.807) is 17.3 Å². The van der Waals surface area contributed by atoms with Crippen LogP contribution in [0.15, 0.2) is 55.0 Å². The van der Waals surface area contributed by atoms with Crippen LogP contribution in [0.3, 0.4) is 0 Å². The molecule has 5 heterocycles. The summed E-state index contributed by atoms with van der Waals surface area (Å²) in [6.45, 7) is 8.19. The lowest BCUT2D eigenvalue weighted by atomic mass is 10.0. The Kier molecular flexibility index (Phi) is 5.76. The van der Waals surface area contributed by atoms with Gasteiger partial charge in [0.05, 0.1) is 28.2 Å². The topological polar surface area (TPSA) is 113 Å². The van der Waals surface area contributed by atoms with Crippen molar-refractivity contribution in [1.82, 2.24) is 24.8 Å². The molecule has 1 fully saturated rings. The van der Waals surface area contributed by atoms with Crippen molar-refractivity contribution in [3.63, 3.8) is 0 Å². The van der Waals surface area contributed by atoms with E-state index in [1.807, 2.05) is 63.4 Å². The molecule has 0 atom stereocenters. The molecule has 5 rings (SSSR count). The summed E-state index contributed by atoms with van der Waals surface area (Å²) in [4.78, 5) is 33.6. The second-order valence-corrected chi connectivity index (χ2v) is 9.57. The fraction of sp³-hybridized carbons (Fsp3) is 0.308. The van der Waals surface area contributed by atoms with Crippen LogP contribution in [0.2, 0.25) is 0 Å². The van der Waals surface area contributed by atoms with E-state index < -0.39 is 5.60 Å². The molecule has 0 aliphatic carbocycles. The molecule has 9 nitrogen and oxygen atoms in total. The monoisotopic (exact) mass is 471 g/mol. The number of amides is 1. The van der Waals surface area contributed by atoms with Gasteiger partial charge in [0.15, 0.2) is 0 Å². The maximum absolute atomic E-state index is 12.5. The zero-order chi connectivity index (χ0) is 24.6. The number of nitrogen functional groups attached to an aromatic ring is 1. The van der Waals surface area contributed by atoms with Gasteiger partial charge >= 0.3 is 6.09 Å². The third-order valence-electron chi connectivity index (χ3n) is 5.93. The van der Waals surface area contributed by atoms with Gasteiger partial charge in [0.25, 0.3) is 0 Å². The van der Waals surface area contributed by atoms with Gasteiger partial charge in [-0.2, -0.15) is 0 Å². The van der Waals surface area contributed by atoms with Crippen molar-refractivity contribution in [2.45, 2.75) is 26.4 Å². The molecule has 9 heteroatoms. The van der Waals surface area contributed by atoms with Crippen LogP contribution in [-0.2, 0) is 4.74 Å². The van der Waals surface area contributed by atoms with E-state index in [4.69, 9.17) is 15.5 Å². The molecule has 0 spiro atoms. The first-order chi connectivity index (χ1) is 16.8. The number of H-pyrrole nitrogens is 1. The van der Waals surface area contributed by atoms with Gasteiger partial charge in [-0.1, -0.05) is 6.07 Å². The van der Waals surface area contributed by atoms with Gasteiger partial charge in [-0.25, -0.2) is 9.78 Å². The number of ether oxygens (including phenoxy) is 1. The number of hydrogen-bond acceptors (Lipinski definition) is 7. The van der Waals surface area contributed by atoms with Crippen molar-refractivity contribution in [3.8, 4) is 22.5 Å². The number of hydrogen-bond donors (Lipinski definition) is 2. The molecule has 0 bridgehead atoms. The molecule has 0 aromatic carbocycles. The van der Waals surface area contributed by atoms with Gasteiger partial charge in [0, 0.05) is 50.3 Å². The van der Waals surface area contributed by atoms with Crippen LogP contribution in [0.1, 0.15) is 20.8 Å². The summed E-state index contributed by atoms with van der Waals surface area (Å²) in [5.41, 5.74) is 11.8. The van der Waals surface area contributed by atoms with Gasteiger partial charge in [0.2, 0.25) is 0 Å². The number of aromatic nitrogens is 4. The smallest absolute Gasteiger partial charge is 0.410 e. The number of rotatable bonds is 3. The average molecular weight is 472 g/mol. The van der Waals surface area contributed by atoms with Crippen LogP contribution in [0.5, 0.6) is 0 Å². The molecule has 1 amide bonds. The first-order valence-corrected chi connectivity index (χ1v) is 11.7. The van der Waals surface area contributed by atoms with Crippen molar-refractivity contribution in [3.05, 3.63) is 55.0 Å². The number of nitrogens with one attached hydrogen (secondary N) is 1. The maximum atomic E-state index is 12.5. The Morgan fingerprint density at radius 1 is 1.00 bits per heavy atom. The van der Waals surface area contributed by atoms with E-state index >= 15 is 0 Å². The van der Waals surface area contributed by atoms with E-state index in [1.165, 1.54) is 0 Å². The summed E-state index contributed by atoms with van der Waals surface area (Å²) in [5.74, 6) is 0.444. The number of nitrogens with zero attached hydrogens (tertiary/aromatic N) is 5. The predicted molar refractivity (Wildman–Crippen MR) is 137 cm³/mol. The van der Waals surface area contributed by atoms with E-state index in [0.717, 1.165) is 39.2 Å². The van der Waals surface area contributed by atoms with Crippen LogP contribution in [-0.4, -0.2) is 62.7 Å². The summed E-state index contributed by atoms with van der Waals surface area (Å²) < 4.78 is 5.55. The second kappa shape index (κ2) is 8.90. The Hall–Kier alpha value is -4.14. The minimum Gasteiger partial charge on any atom is -0.444 e. The molecule has 3 N–H and O–H groups in total. The summed E-state index contributed by atoms with van der Waals surface area (Å²) in [6.07, 6.45) is 5.02. The van der Waals surface area contributed by atoms with Crippen molar-refractivity contribution in [2.75, 3.05) is 36.8 Å². The number of carbonyl (C=O) groups excluding carboxylic acids is 1. The molecule has 1 aliphatic heterocycles. The molecule has 1 saturated heterocycles. The Balaban J connectivity index is 1.53. The highest BCUT2D eigenvalue weighted by Crippen LogP contribution is 2.39. The van der Waals surface area contributed by atoms with Gasteiger partial charge < -0.3 is 25.3 Å². The quantitative estimate of drug-likeness (QED) is 0.457. The normalized spacial score (nSPS) is 14.4. The van der Waals surface area contributed by atoms with Crippen LogP contribution in [0, 0.1) is 0 Å². The maximum Gasteiger partial charge on any atom is 0.410 e. The Morgan fingerprint density at radius 2 is 1.77 bits per heavy atom. The molecule has 35 heavy (non-hydrogen) atoms. The lowest BCUT2D eigenvalue weighted by molar-refractivity contribution is 0.0240. The Labute approximate surface area is 204 Å². The molecule has 0 saturated carbocycles. The molecular weight excluding hydrogens is 442 g/mol. The number of nitrogens with two attached hydrogens (primary N) is 1. The number of carbonyl (C=O) groups is 1. The predicted octanol–water partition coefficient (Wildman–Crippen LogP) is 4.33. The number of anilines is 2. The van der Waals surface area contributed by atoms with Gasteiger partial charge in [-0.15, -0.1) is 0 Å². The highest BCUT2D eigenvalue weighted by Gasteiger charge is 2.28. The number of fused-ring (bicyclic) bond motifs is 1.